The van der Waals surface area contributed by atoms with Crippen LogP contribution in [0.2, 0.25) is 0 Å². The van der Waals surface area contributed by atoms with Crippen LogP contribution >= 0.6 is 11.3 Å². The van der Waals surface area contributed by atoms with E-state index in [1.165, 1.54) is 5.56 Å². The zero-order chi connectivity index (χ0) is 11.9. The van der Waals surface area contributed by atoms with Gasteiger partial charge in [-0.2, -0.15) is 11.3 Å². The average molecular weight is 248 g/mol. The maximum absolute atomic E-state index is 9.82. The molecule has 0 amide bonds. The molecule has 0 bridgehead atoms. The second-order valence-electron chi connectivity index (χ2n) is 3.94. The second-order valence-corrected chi connectivity index (χ2v) is 4.72. The Balaban J connectivity index is 1.68. The number of thiophene rings is 1. The molecule has 0 saturated heterocycles. The molecule has 0 radical (unpaired) electrons. The normalized spacial score (nSPS) is 12.3. The van der Waals surface area contributed by atoms with E-state index < -0.39 is 0 Å². The first-order chi connectivity index (χ1) is 8.34. The molecule has 1 heterocycles. The van der Waals surface area contributed by atoms with Crippen molar-refractivity contribution >= 4 is 11.3 Å². The lowest BCUT2D eigenvalue weighted by atomic mass is 10.1. The third-order valence-corrected chi connectivity index (χ3v) is 3.25. The molecule has 90 valence electrons. The van der Waals surface area contributed by atoms with Crippen LogP contribution in [0.1, 0.15) is 12.0 Å². The third-order valence-electron chi connectivity index (χ3n) is 2.51. The zero-order valence-corrected chi connectivity index (χ0v) is 10.4. The van der Waals surface area contributed by atoms with Gasteiger partial charge in [0.25, 0.3) is 0 Å². The molecular weight excluding hydrogens is 232 g/mol. The van der Waals surface area contributed by atoms with Crippen LogP contribution in [0.3, 0.4) is 0 Å². The number of ether oxygens (including phenoxy) is 1. The van der Waals surface area contributed by atoms with Crippen LogP contribution < -0.4 is 4.74 Å². The highest BCUT2D eigenvalue weighted by Crippen LogP contribution is 2.12. The van der Waals surface area contributed by atoms with Crippen molar-refractivity contribution in [3.8, 4) is 5.75 Å². The van der Waals surface area contributed by atoms with Crippen molar-refractivity contribution in [1.82, 2.24) is 0 Å². The summed E-state index contributed by atoms with van der Waals surface area (Å²) < 4.78 is 5.54. The van der Waals surface area contributed by atoms with E-state index in [4.69, 9.17) is 4.74 Å². The van der Waals surface area contributed by atoms with E-state index in [9.17, 15) is 5.11 Å². The fourth-order valence-corrected chi connectivity index (χ4v) is 2.29. The molecule has 1 N–H and O–H groups in total. The summed E-state index contributed by atoms with van der Waals surface area (Å²) in [4.78, 5) is 0. The number of benzene rings is 1. The minimum Gasteiger partial charge on any atom is -0.493 e. The smallest absolute Gasteiger partial charge is 0.119 e. The molecule has 2 rings (SSSR count). The molecule has 0 aliphatic carbocycles. The molecule has 0 aliphatic heterocycles. The lowest BCUT2D eigenvalue weighted by Gasteiger charge is -2.10. The van der Waals surface area contributed by atoms with Crippen molar-refractivity contribution in [1.29, 1.82) is 0 Å². The minimum absolute atomic E-state index is 0.326. The van der Waals surface area contributed by atoms with E-state index in [0.717, 1.165) is 5.75 Å². The summed E-state index contributed by atoms with van der Waals surface area (Å²) in [5.41, 5.74) is 1.20. The Hall–Kier alpha value is -1.32. The van der Waals surface area contributed by atoms with E-state index in [-0.39, 0.29) is 6.10 Å². The van der Waals surface area contributed by atoms with Crippen molar-refractivity contribution in [2.24, 2.45) is 0 Å². The standard InChI is InChI=1S/C14H16O2S/c15-13(10-12-7-9-17-11-12)6-8-16-14-4-2-1-3-5-14/h1-5,7,9,11,13,15H,6,8,10H2. The van der Waals surface area contributed by atoms with E-state index in [1.54, 1.807) is 11.3 Å². The number of para-hydroxylation sites is 1. The predicted molar refractivity (Wildman–Crippen MR) is 70.6 cm³/mol. The van der Waals surface area contributed by atoms with Gasteiger partial charge in [0, 0.05) is 6.42 Å². The predicted octanol–water partition coefficient (Wildman–Crippen LogP) is 3.12. The van der Waals surface area contributed by atoms with Crippen LogP contribution in [0.4, 0.5) is 0 Å². The first-order valence-electron chi connectivity index (χ1n) is 5.71. The van der Waals surface area contributed by atoms with Gasteiger partial charge in [-0.3, -0.25) is 0 Å². The first-order valence-corrected chi connectivity index (χ1v) is 6.66. The number of hydrogen-bond donors (Lipinski definition) is 1. The molecule has 1 unspecified atom stereocenters. The molecule has 1 atom stereocenters. The Kier molecular flexibility index (Phi) is 4.59. The summed E-state index contributed by atoms with van der Waals surface area (Å²) in [5.74, 6) is 0.857. The molecule has 0 saturated carbocycles. The number of rotatable bonds is 6. The van der Waals surface area contributed by atoms with Crippen LogP contribution in [0.15, 0.2) is 47.2 Å². The summed E-state index contributed by atoms with van der Waals surface area (Å²) in [6.45, 7) is 0.551. The van der Waals surface area contributed by atoms with E-state index >= 15 is 0 Å². The van der Waals surface area contributed by atoms with Crippen LogP contribution in [0.25, 0.3) is 0 Å². The van der Waals surface area contributed by atoms with Gasteiger partial charge in [0.05, 0.1) is 12.7 Å². The average Bonchev–Trinajstić information content (AvgIpc) is 2.83. The van der Waals surface area contributed by atoms with Gasteiger partial charge in [0.1, 0.15) is 5.75 Å². The van der Waals surface area contributed by atoms with Gasteiger partial charge < -0.3 is 9.84 Å². The fraction of sp³-hybridized carbons (Fsp3) is 0.286. The highest BCUT2D eigenvalue weighted by molar-refractivity contribution is 7.07. The Labute approximate surface area is 105 Å². The van der Waals surface area contributed by atoms with Crippen LogP contribution in [-0.2, 0) is 6.42 Å². The van der Waals surface area contributed by atoms with Crippen LogP contribution in [0, 0.1) is 0 Å². The van der Waals surface area contributed by atoms with Gasteiger partial charge in [-0.15, -0.1) is 0 Å². The SMILES string of the molecule is OC(CCOc1ccccc1)Cc1ccsc1. The molecule has 2 aromatic rings. The molecule has 1 aromatic heterocycles. The minimum atomic E-state index is -0.326. The van der Waals surface area contributed by atoms with E-state index in [2.05, 4.69) is 5.38 Å². The molecule has 17 heavy (non-hydrogen) atoms. The monoisotopic (exact) mass is 248 g/mol. The van der Waals surface area contributed by atoms with Crippen molar-refractivity contribution in [2.75, 3.05) is 6.61 Å². The zero-order valence-electron chi connectivity index (χ0n) is 9.58. The van der Waals surface area contributed by atoms with Gasteiger partial charge in [-0.1, -0.05) is 18.2 Å². The van der Waals surface area contributed by atoms with Crippen molar-refractivity contribution in [3.05, 3.63) is 52.7 Å². The molecule has 2 nitrogen and oxygen atoms in total. The van der Waals surface area contributed by atoms with E-state index in [0.29, 0.717) is 19.4 Å². The Morgan fingerprint density at radius 2 is 2.00 bits per heavy atom. The highest BCUT2D eigenvalue weighted by atomic mass is 32.1. The lowest BCUT2D eigenvalue weighted by Crippen LogP contribution is -2.14. The molecule has 0 spiro atoms. The molecular formula is C14H16O2S. The maximum atomic E-state index is 9.82. The van der Waals surface area contributed by atoms with Gasteiger partial charge in [-0.25, -0.2) is 0 Å². The maximum Gasteiger partial charge on any atom is 0.119 e. The van der Waals surface area contributed by atoms with Gasteiger partial charge in [0.15, 0.2) is 0 Å². The molecule has 0 fully saturated rings. The topological polar surface area (TPSA) is 29.5 Å². The summed E-state index contributed by atoms with van der Waals surface area (Å²) >= 11 is 1.66. The third kappa shape index (κ3) is 4.21. The Bertz CT molecular complexity index is 411. The van der Waals surface area contributed by atoms with Gasteiger partial charge >= 0.3 is 0 Å². The summed E-state index contributed by atoms with van der Waals surface area (Å²) in [7, 11) is 0. The highest BCUT2D eigenvalue weighted by Gasteiger charge is 2.06. The molecule has 0 aliphatic rings. The van der Waals surface area contributed by atoms with Crippen molar-refractivity contribution in [3.63, 3.8) is 0 Å². The lowest BCUT2D eigenvalue weighted by molar-refractivity contribution is 0.139. The number of aliphatic hydroxyl groups excluding tert-OH is 1. The summed E-state index contributed by atoms with van der Waals surface area (Å²) in [6, 6.07) is 11.7. The van der Waals surface area contributed by atoms with Crippen LogP contribution in [-0.4, -0.2) is 17.8 Å². The summed E-state index contributed by atoms with van der Waals surface area (Å²) in [6.07, 6.45) is 1.04. The van der Waals surface area contributed by atoms with E-state index in [1.807, 2.05) is 41.8 Å². The fourth-order valence-electron chi connectivity index (χ4n) is 1.61. The van der Waals surface area contributed by atoms with Gasteiger partial charge in [-0.05, 0) is 40.9 Å². The Morgan fingerprint density at radius 3 is 2.71 bits per heavy atom. The quantitative estimate of drug-likeness (QED) is 0.851. The summed E-state index contributed by atoms with van der Waals surface area (Å²) in [5, 5.41) is 13.9. The molecule has 1 aromatic carbocycles. The first kappa shape index (κ1) is 12.1. The van der Waals surface area contributed by atoms with Crippen molar-refractivity contribution < 1.29 is 9.84 Å². The molecule has 3 heteroatoms. The number of hydrogen-bond acceptors (Lipinski definition) is 3. The van der Waals surface area contributed by atoms with Gasteiger partial charge in [0.2, 0.25) is 0 Å². The Morgan fingerprint density at radius 1 is 1.18 bits per heavy atom. The van der Waals surface area contributed by atoms with Crippen LogP contribution in [0.5, 0.6) is 5.75 Å². The van der Waals surface area contributed by atoms with Crippen molar-refractivity contribution in [2.45, 2.75) is 18.9 Å². The largest absolute Gasteiger partial charge is 0.493 e. The number of aliphatic hydroxyl groups is 1. The second kappa shape index (κ2) is 6.42.